The summed E-state index contributed by atoms with van der Waals surface area (Å²) in [5, 5.41) is 0. The van der Waals surface area contributed by atoms with E-state index in [0.29, 0.717) is 0 Å². The summed E-state index contributed by atoms with van der Waals surface area (Å²) in [6.07, 6.45) is -4.83. The number of ether oxygens (including phenoxy) is 5. The van der Waals surface area contributed by atoms with Crippen LogP contribution in [0.5, 0.6) is 0 Å². The largest absolute Gasteiger partial charge is 0.467 e. The molecule has 1 aliphatic rings. The average Bonchev–Trinajstić information content (AvgIpc) is 2.48. The zero-order valence-electron chi connectivity index (χ0n) is 13.8. The zero-order chi connectivity index (χ0) is 18.4. The molecule has 1 unspecified atom stereocenters. The second-order valence-corrected chi connectivity index (χ2v) is 5.00. The average molecular weight is 344 g/mol. The van der Waals surface area contributed by atoms with Crippen LogP contribution in [0.3, 0.4) is 0 Å². The molecule has 5 atom stereocenters. The third kappa shape index (κ3) is 4.79. The predicted octanol–water partition coefficient (Wildman–Crippen LogP) is -0.0921. The molecule has 134 valence electrons. The molecule has 24 heavy (non-hydrogen) atoms. The first-order chi connectivity index (χ1) is 11.2. The first kappa shape index (κ1) is 19.6. The van der Waals surface area contributed by atoms with Crippen molar-refractivity contribution in [2.24, 2.45) is 0 Å². The Bertz CT molecular complexity index is 527. The number of hydrogen-bond acceptors (Lipinski definition) is 9. The second kappa shape index (κ2) is 8.44. The van der Waals surface area contributed by atoms with Gasteiger partial charge in [0, 0.05) is 20.8 Å². The van der Waals surface area contributed by atoms with Gasteiger partial charge in [0.15, 0.2) is 24.4 Å². The van der Waals surface area contributed by atoms with Gasteiger partial charge in [0.1, 0.15) is 6.10 Å². The summed E-state index contributed by atoms with van der Waals surface area (Å²) in [7, 11) is 1.12. The van der Waals surface area contributed by atoms with Gasteiger partial charge in [-0.2, -0.15) is 0 Å². The minimum Gasteiger partial charge on any atom is -0.467 e. The first-order valence-electron chi connectivity index (χ1n) is 7.08. The van der Waals surface area contributed by atoms with Crippen LogP contribution in [-0.4, -0.2) is 61.5 Å². The van der Waals surface area contributed by atoms with Crippen molar-refractivity contribution in [3.8, 4) is 0 Å². The predicted molar refractivity (Wildman–Crippen MR) is 77.5 cm³/mol. The van der Waals surface area contributed by atoms with Crippen molar-refractivity contribution in [2.75, 3.05) is 7.11 Å². The molecule has 0 N–H and O–H groups in total. The van der Waals surface area contributed by atoms with Crippen LogP contribution in [-0.2, 0) is 42.9 Å². The molecule has 1 aliphatic heterocycles. The lowest BCUT2D eigenvalue weighted by Gasteiger charge is -2.42. The molecule has 0 aliphatic carbocycles. The zero-order valence-corrected chi connectivity index (χ0v) is 13.8. The third-order valence-electron chi connectivity index (χ3n) is 3.15. The lowest BCUT2D eigenvalue weighted by Crippen LogP contribution is -2.62. The topological polar surface area (TPSA) is 114 Å². The summed E-state index contributed by atoms with van der Waals surface area (Å²) < 4.78 is 25.5. The van der Waals surface area contributed by atoms with E-state index in [4.69, 9.17) is 18.9 Å². The summed E-state index contributed by atoms with van der Waals surface area (Å²) in [6, 6.07) is 0. The second-order valence-electron chi connectivity index (χ2n) is 5.00. The Morgan fingerprint density at radius 2 is 1.33 bits per heavy atom. The molecule has 0 aromatic heterocycles. The monoisotopic (exact) mass is 344 g/mol. The fourth-order valence-corrected chi connectivity index (χ4v) is 2.34. The smallest absolute Gasteiger partial charge is 0.339 e. The van der Waals surface area contributed by atoms with Gasteiger partial charge < -0.3 is 23.7 Å². The van der Waals surface area contributed by atoms with Crippen LogP contribution in [0, 0.1) is 0 Å². The van der Waals surface area contributed by atoms with Gasteiger partial charge in [0.2, 0.25) is 0 Å². The first-order valence-corrected chi connectivity index (χ1v) is 7.08. The Labute approximate surface area is 138 Å². The number of carbonyl (C=O) groups is 4. The van der Waals surface area contributed by atoms with E-state index < -0.39 is 54.4 Å². The van der Waals surface area contributed by atoms with E-state index >= 15 is 0 Å². The molecule has 0 radical (unpaired) electrons. The van der Waals surface area contributed by atoms with E-state index in [0.717, 1.165) is 27.9 Å². The van der Waals surface area contributed by atoms with Gasteiger partial charge >= 0.3 is 23.9 Å². The maximum absolute atomic E-state index is 12.0. The molecular weight excluding hydrogens is 324 g/mol. The van der Waals surface area contributed by atoms with Gasteiger partial charge in [-0.15, -0.1) is 6.58 Å². The minimum absolute atomic E-state index is 0.675. The highest BCUT2D eigenvalue weighted by molar-refractivity contribution is 5.77. The summed E-state index contributed by atoms with van der Waals surface area (Å²) in [4.78, 5) is 46.1. The van der Waals surface area contributed by atoms with Crippen molar-refractivity contribution < 1.29 is 42.9 Å². The fourth-order valence-electron chi connectivity index (χ4n) is 2.34. The standard InChI is InChI=1S/C15H20O9/c1-6-10-11(21-7(2)16)12(22-8(3)17)13(23-9(4)18)14(24-10)15(19)20-5/h6,10-14H,1H2,2-5H3/t10?,11-,12+,13-,14-/m0/s1. The molecule has 0 bridgehead atoms. The Morgan fingerprint density at radius 1 is 0.875 bits per heavy atom. The fraction of sp³-hybridized carbons (Fsp3) is 0.600. The lowest BCUT2D eigenvalue weighted by atomic mass is 9.94. The van der Waals surface area contributed by atoms with Gasteiger partial charge in [-0.25, -0.2) is 4.79 Å². The summed E-state index contributed by atoms with van der Waals surface area (Å²) in [5.41, 5.74) is 0. The number of hydrogen-bond donors (Lipinski definition) is 0. The molecule has 0 amide bonds. The Kier molecular flexibility index (Phi) is 6.90. The van der Waals surface area contributed by atoms with Crippen LogP contribution >= 0.6 is 0 Å². The molecule has 0 aromatic carbocycles. The van der Waals surface area contributed by atoms with Gasteiger partial charge in [0.25, 0.3) is 0 Å². The van der Waals surface area contributed by atoms with Crippen molar-refractivity contribution in [2.45, 2.75) is 51.3 Å². The van der Waals surface area contributed by atoms with Crippen LogP contribution in [0.4, 0.5) is 0 Å². The van der Waals surface area contributed by atoms with Crippen LogP contribution in [0.25, 0.3) is 0 Å². The number of rotatable bonds is 5. The van der Waals surface area contributed by atoms with Crippen molar-refractivity contribution in [1.82, 2.24) is 0 Å². The molecular formula is C15H20O9. The summed E-state index contributed by atoms with van der Waals surface area (Å²) >= 11 is 0. The van der Waals surface area contributed by atoms with Crippen molar-refractivity contribution >= 4 is 23.9 Å². The highest BCUT2D eigenvalue weighted by Crippen LogP contribution is 2.29. The van der Waals surface area contributed by atoms with Crippen molar-refractivity contribution in [3.05, 3.63) is 12.7 Å². The van der Waals surface area contributed by atoms with Gasteiger partial charge in [-0.05, 0) is 0 Å². The van der Waals surface area contributed by atoms with E-state index in [9.17, 15) is 19.2 Å². The van der Waals surface area contributed by atoms with Gasteiger partial charge in [0.05, 0.1) is 7.11 Å². The molecule has 1 fully saturated rings. The Balaban J connectivity index is 3.31. The molecule has 0 spiro atoms. The molecule has 9 nitrogen and oxygen atoms in total. The maximum atomic E-state index is 12.0. The van der Waals surface area contributed by atoms with E-state index in [2.05, 4.69) is 11.3 Å². The Morgan fingerprint density at radius 3 is 1.75 bits per heavy atom. The summed E-state index contributed by atoms with van der Waals surface area (Å²) in [6.45, 7) is 6.93. The van der Waals surface area contributed by atoms with Crippen LogP contribution < -0.4 is 0 Å². The molecule has 0 saturated carbocycles. The van der Waals surface area contributed by atoms with Crippen LogP contribution in [0.2, 0.25) is 0 Å². The van der Waals surface area contributed by atoms with Gasteiger partial charge in [-0.3, -0.25) is 14.4 Å². The maximum Gasteiger partial charge on any atom is 0.339 e. The lowest BCUT2D eigenvalue weighted by molar-refractivity contribution is -0.241. The third-order valence-corrected chi connectivity index (χ3v) is 3.15. The molecule has 1 rings (SSSR count). The molecule has 1 saturated heterocycles. The van der Waals surface area contributed by atoms with Crippen LogP contribution in [0.15, 0.2) is 12.7 Å². The van der Waals surface area contributed by atoms with Crippen molar-refractivity contribution in [3.63, 3.8) is 0 Å². The quantitative estimate of drug-likeness (QED) is 0.383. The number of methoxy groups -OCH3 is 1. The van der Waals surface area contributed by atoms with E-state index in [1.165, 1.54) is 6.08 Å². The highest BCUT2D eigenvalue weighted by atomic mass is 16.7. The highest BCUT2D eigenvalue weighted by Gasteiger charge is 2.53. The van der Waals surface area contributed by atoms with E-state index in [-0.39, 0.29) is 0 Å². The molecule has 0 aromatic rings. The molecule has 1 heterocycles. The molecule has 9 heteroatoms. The summed E-state index contributed by atoms with van der Waals surface area (Å²) in [5.74, 6) is -2.98. The van der Waals surface area contributed by atoms with Crippen molar-refractivity contribution in [1.29, 1.82) is 0 Å². The number of carbonyl (C=O) groups excluding carboxylic acids is 4. The normalized spacial score (nSPS) is 29.1. The number of esters is 4. The van der Waals surface area contributed by atoms with Crippen LogP contribution in [0.1, 0.15) is 20.8 Å². The van der Waals surface area contributed by atoms with E-state index in [1.807, 2.05) is 0 Å². The van der Waals surface area contributed by atoms with Gasteiger partial charge in [-0.1, -0.05) is 6.08 Å². The SMILES string of the molecule is C=CC1O[C@H](C(=O)OC)[C@@H](OC(C)=O)[C@H](OC(C)=O)[C@H]1OC(C)=O. The minimum atomic E-state index is -1.38. The van der Waals surface area contributed by atoms with E-state index in [1.54, 1.807) is 0 Å². The Hall–Kier alpha value is -2.42.